The topological polar surface area (TPSA) is 38.7 Å². The maximum Gasteiger partial charge on any atom is 0.123 e. The third kappa shape index (κ3) is 3.19. The molecule has 2 aromatic carbocycles. The van der Waals surface area contributed by atoms with E-state index in [4.69, 9.17) is 9.47 Å². The third-order valence-electron chi connectivity index (χ3n) is 4.32. The van der Waals surface area contributed by atoms with Gasteiger partial charge in [0.2, 0.25) is 0 Å². The molecule has 0 saturated heterocycles. The van der Waals surface area contributed by atoms with Crippen molar-refractivity contribution in [1.29, 1.82) is 0 Å². The molecule has 1 aliphatic carbocycles. The highest BCUT2D eigenvalue weighted by Gasteiger charge is 2.33. The molecule has 122 valence electrons. The molecule has 3 rings (SSSR count). The van der Waals surface area contributed by atoms with E-state index in [1.54, 1.807) is 26.0 Å². The molecular formula is C19H22O3S. The third-order valence-corrected chi connectivity index (χ3v) is 5.67. The number of ether oxygens (including phenoxy) is 2. The van der Waals surface area contributed by atoms with Crippen LogP contribution in [0.15, 0.2) is 41.3 Å². The molecule has 2 aromatic rings. The van der Waals surface area contributed by atoms with Gasteiger partial charge >= 0.3 is 0 Å². The van der Waals surface area contributed by atoms with Crippen molar-refractivity contribution >= 4 is 11.8 Å². The monoisotopic (exact) mass is 330 g/mol. The number of aliphatic hydroxyl groups excluding tert-OH is 1. The molecule has 0 aromatic heterocycles. The quantitative estimate of drug-likeness (QED) is 0.914. The number of aryl methyl sites for hydroxylation is 1. The molecule has 23 heavy (non-hydrogen) atoms. The molecule has 0 spiro atoms. The Labute approximate surface area is 141 Å². The molecule has 0 radical (unpaired) electrons. The van der Waals surface area contributed by atoms with Crippen molar-refractivity contribution in [3.63, 3.8) is 0 Å². The number of aliphatic hydroxyl groups is 1. The standard InChI is InChI=1S/C19H22O3S/c1-12-4-6-13(7-5-12)23-19-15(20)9-8-14-16(21-2)10-11-17(22-3)18(14)19/h4-7,10-11,15,19-20H,8-9H2,1-3H3/t15-,19-/m0/s1. The molecule has 0 aliphatic heterocycles. The van der Waals surface area contributed by atoms with Crippen LogP contribution in [0.3, 0.4) is 0 Å². The number of thioether (sulfide) groups is 1. The second-order valence-electron chi connectivity index (χ2n) is 5.82. The van der Waals surface area contributed by atoms with E-state index in [-0.39, 0.29) is 5.25 Å². The van der Waals surface area contributed by atoms with Crippen LogP contribution in [0.25, 0.3) is 0 Å². The summed E-state index contributed by atoms with van der Waals surface area (Å²) in [6.07, 6.45) is 1.15. The minimum atomic E-state index is -0.394. The summed E-state index contributed by atoms with van der Waals surface area (Å²) in [6, 6.07) is 12.3. The zero-order valence-corrected chi connectivity index (χ0v) is 14.5. The van der Waals surface area contributed by atoms with Gasteiger partial charge in [-0.25, -0.2) is 0 Å². The van der Waals surface area contributed by atoms with Crippen LogP contribution in [0, 0.1) is 6.92 Å². The maximum atomic E-state index is 10.6. The second-order valence-corrected chi connectivity index (χ2v) is 7.03. The molecule has 0 amide bonds. The zero-order chi connectivity index (χ0) is 16.4. The Morgan fingerprint density at radius 3 is 2.30 bits per heavy atom. The Morgan fingerprint density at radius 1 is 1.00 bits per heavy atom. The first-order valence-electron chi connectivity index (χ1n) is 7.79. The van der Waals surface area contributed by atoms with Crippen molar-refractivity contribution in [2.75, 3.05) is 14.2 Å². The van der Waals surface area contributed by atoms with E-state index in [1.165, 1.54) is 5.56 Å². The van der Waals surface area contributed by atoms with E-state index in [1.807, 2.05) is 12.1 Å². The summed E-state index contributed by atoms with van der Waals surface area (Å²) in [5.74, 6) is 1.70. The van der Waals surface area contributed by atoms with E-state index >= 15 is 0 Å². The summed E-state index contributed by atoms with van der Waals surface area (Å²) >= 11 is 1.69. The lowest BCUT2D eigenvalue weighted by molar-refractivity contribution is 0.153. The molecule has 4 heteroatoms. The van der Waals surface area contributed by atoms with E-state index in [9.17, 15) is 5.11 Å². The summed E-state index contributed by atoms with van der Waals surface area (Å²) in [5.41, 5.74) is 3.45. The fourth-order valence-corrected chi connectivity index (χ4v) is 4.35. The molecule has 3 nitrogen and oxygen atoms in total. The van der Waals surface area contributed by atoms with E-state index in [0.717, 1.165) is 40.4 Å². The van der Waals surface area contributed by atoms with Crippen molar-refractivity contribution in [2.45, 2.75) is 36.0 Å². The second kappa shape index (κ2) is 6.85. The first kappa shape index (κ1) is 16.2. The Hall–Kier alpha value is -1.65. The normalized spacial score (nSPS) is 20.0. The lowest BCUT2D eigenvalue weighted by Crippen LogP contribution is -2.24. The van der Waals surface area contributed by atoms with Gasteiger partial charge in [0, 0.05) is 16.0 Å². The van der Waals surface area contributed by atoms with Gasteiger partial charge in [0.25, 0.3) is 0 Å². The molecule has 1 aliphatic rings. The summed E-state index contributed by atoms with van der Waals surface area (Å²) in [4.78, 5) is 1.15. The lowest BCUT2D eigenvalue weighted by atomic mass is 9.88. The molecule has 2 atom stereocenters. The first-order chi connectivity index (χ1) is 11.1. The summed E-state index contributed by atoms with van der Waals surface area (Å²) in [7, 11) is 3.37. The van der Waals surface area contributed by atoms with E-state index in [2.05, 4.69) is 31.2 Å². The Bertz CT molecular complexity index is 682. The first-order valence-corrected chi connectivity index (χ1v) is 8.67. The highest BCUT2D eigenvalue weighted by Crippen LogP contribution is 2.49. The predicted molar refractivity (Wildman–Crippen MR) is 93.7 cm³/mol. The van der Waals surface area contributed by atoms with Gasteiger partial charge < -0.3 is 14.6 Å². The molecule has 0 saturated carbocycles. The molecular weight excluding hydrogens is 308 g/mol. The van der Waals surface area contributed by atoms with Crippen LogP contribution in [0.4, 0.5) is 0 Å². The number of benzene rings is 2. The molecule has 0 fully saturated rings. The fourth-order valence-electron chi connectivity index (χ4n) is 3.10. The highest BCUT2D eigenvalue weighted by atomic mass is 32.2. The largest absolute Gasteiger partial charge is 0.496 e. The predicted octanol–water partition coefficient (Wildman–Crippen LogP) is 4.15. The summed E-state index contributed by atoms with van der Waals surface area (Å²) < 4.78 is 11.1. The average Bonchev–Trinajstić information content (AvgIpc) is 2.58. The fraction of sp³-hybridized carbons (Fsp3) is 0.368. The smallest absolute Gasteiger partial charge is 0.123 e. The number of methoxy groups -OCH3 is 2. The van der Waals surface area contributed by atoms with Crippen LogP contribution in [0.2, 0.25) is 0 Å². The van der Waals surface area contributed by atoms with E-state index < -0.39 is 6.10 Å². The Kier molecular flexibility index (Phi) is 4.83. The van der Waals surface area contributed by atoms with Gasteiger partial charge in [-0.1, -0.05) is 17.7 Å². The van der Waals surface area contributed by atoms with Gasteiger partial charge in [-0.3, -0.25) is 0 Å². The minimum absolute atomic E-state index is 0.0495. The van der Waals surface area contributed by atoms with Gasteiger partial charge in [0.15, 0.2) is 0 Å². The number of hydrogen-bond acceptors (Lipinski definition) is 4. The Balaban J connectivity index is 2.03. The lowest BCUT2D eigenvalue weighted by Gasteiger charge is -2.32. The summed E-state index contributed by atoms with van der Waals surface area (Å²) in [6.45, 7) is 2.08. The van der Waals surface area contributed by atoms with Gasteiger partial charge in [-0.2, -0.15) is 0 Å². The van der Waals surface area contributed by atoms with E-state index in [0.29, 0.717) is 0 Å². The van der Waals surface area contributed by atoms with Crippen molar-refractivity contribution in [3.8, 4) is 11.5 Å². The maximum absolute atomic E-state index is 10.6. The Morgan fingerprint density at radius 2 is 1.65 bits per heavy atom. The molecule has 0 bridgehead atoms. The molecule has 0 unspecified atom stereocenters. The van der Waals surface area contributed by atoms with Gasteiger partial charge in [0.1, 0.15) is 11.5 Å². The SMILES string of the molecule is COc1ccc(OC)c2c1CC[C@H](O)[C@@H]2Sc1ccc(C)cc1. The summed E-state index contributed by atoms with van der Waals surface area (Å²) in [5, 5.41) is 10.5. The van der Waals surface area contributed by atoms with Crippen LogP contribution in [-0.4, -0.2) is 25.4 Å². The van der Waals surface area contributed by atoms with Crippen molar-refractivity contribution in [2.24, 2.45) is 0 Å². The molecule has 0 heterocycles. The highest BCUT2D eigenvalue weighted by molar-refractivity contribution is 7.99. The van der Waals surface area contributed by atoms with Gasteiger partial charge in [0.05, 0.1) is 25.6 Å². The van der Waals surface area contributed by atoms with Crippen molar-refractivity contribution < 1.29 is 14.6 Å². The van der Waals surface area contributed by atoms with Crippen molar-refractivity contribution in [3.05, 3.63) is 53.1 Å². The zero-order valence-electron chi connectivity index (χ0n) is 13.7. The van der Waals surface area contributed by atoms with Crippen LogP contribution >= 0.6 is 11.8 Å². The van der Waals surface area contributed by atoms with Crippen LogP contribution in [0.5, 0.6) is 11.5 Å². The van der Waals surface area contributed by atoms with Crippen LogP contribution in [0.1, 0.15) is 28.4 Å². The van der Waals surface area contributed by atoms with Crippen LogP contribution in [-0.2, 0) is 6.42 Å². The molecule has 1 N–H and O–H groups in total. The van der Waals surface area contributed by atoms with Gasteiger partial charge in [-0.05, 0) is 44.0 Å². The number of fused-ring (bicyclic) bond motifs is 1. The van der Waals surface area contributed by atoms with Crippen molar-refractivity contribution in [1.82, 2.24) is 0 Å². The van der Waals surface area contributed by atoms with Gasteiger partial charge in [-0.15, -0.1) is 11.8 Å². The number of hydrogen-bond donors (Lipinski definition) is 1. The average molecular weight is 330 g/mol. The van der Waals surface area contributed by atoms with Crippen LogP contribution < -0.4 is 9.47 Å². The number of rotatable bonds is 4. The minimum Gasteiger partial charge on any atom is -0.496 e.